The molecule has 1 N–H and O–H groups in total. The molecule has 0 heterocycles. The molecule has 5 nitrogen and oxygen atoms in total. The van der Waals surface area contributed by atoms with Crippen LogP contribution in [0.5, 0.6) is 5.75 Å². The number of carbonyl (C=O) groups excluding carboxylic acids is 2. The minimum absolute atomic E-state index is 0.0395. The number of nitrogens with one attached hydrogen (secondary N) is 1. The molecular weight excluding hydrogens is 349 g/mol. The highest BCUT2D eigenvalue weighted by atomic mass is 19.1. The maximum atomic E-state index is 13.4. The molecule has 0 aromatic heterocycles. The first-order chi connectivity index (χ1) is 13.0. The minimum Gasteiger partial charge on any atom is -0.479 e. The zero-order chi connectivity index (χ0) is 19.6. The third kappa shape index (κ3) is 7.09. The first-order valence-corrected chi connectivity index (χ1v) is 8.84. The molecule has 1 amide bonds. The predicted octanol–water partition coefficient (Wildman–Crippen LogP) is 3.23. The molecule has 0 radical (unpaired) electrons. The third-order valence-electron chi connectivity index (χ3n) is 3.93. The molecule has 0 saturated heterocycles. The standard InChI is InChI=1S/C21H24FNO4/c1-15(2)17-9-7-16(8-10-17)11-12-23-20(24)13-27-21(25)14-26-19-6-4-3-5-18(19)22/h3-10,15H,11-14H2,1-2H3,(H,23,24). The van der Waals surface area contributed by atoms with E-state index in [0.717, 1.165) is 5.56 Å². The molecule has 2 aromatic carbocycles. The number of amides is 1. The summed E-state index contributed by atoms with van der Waals surface area (Å²) in [7, 11) is 0. The van der Waals surface area contributed by atoms with E-state index in [1.54, 1.807) is 6.07 Å². The Bertz CT molecular complexity index is 759. The fraction of sp³-hybridized carbons (Fsp3) is 0.333. The van der Waals surface area contributed by atoms with Crippen LogP contribution in [0.2, 0.25) is 0 Å². The Morgan fingerprint density at radius 1 is 1.04 bits per heavy atom. The summed E-state index contributed by atoms with van der Waals surface area (Å²) >= 11 is 0. The van der Waals surface area contributed by atoms with Crippen LogP contribution in [-0.2, 0) is 20.7 Å². The van der Waals surface area contributed by atoms with Crippen LogP contribution >= 0.6 is 0 Å². The highest BCUT2D eigenvalue weighted by molar-refractivity contribution is 5.80. The van der Waals surface area contributed by atoms with Gasteiger partial charge in [-0.2, -0.15) is 0 Å². The summed E-state index contributed by atoms with van der Waals surface area (Å²) in [6.07, 6.45) is 0.689. The summed E-state index contributed by atoms with van der Waals surface area (Å²) in [5, 5.41) is 2.69. The van der Waals surface area contributed by atoms with E-state index in [0.29, 0.717) is 18.9 Å². The van der Waals surface area contributed by atoms with Crippen LogP contribution in [0, 0.1) is 5.82 Å². The van der Waals surface area contributed by atoms with E-state index in [9.17, 15) is 14.0 Å². The van der Waals surface area contributed by atoms with Crippen LogP contribution in [0.15, 0.2) is 48.5 Å². The molecule has 0 saturated carbocycles. The summed E-state index contributed by atoms with van der Waals surface area (Å²) in [5.41, 5.74) is 2.39. The van der Waals surface area contributed by atoms with Crippen molar-refractivity contribution in [1.29, 1.82) is 0 Å². The largest absolute Gasteiger partial charge is 0.479 e. The quantitative estimate of drug-likeness (QED) is 0.686. The second-order valence-electron chi connectivity index (χ2n) is 6.38. The van der Waals surface area contributed by atoms with Gasteiger partial charge in [0.05, 0.1) is 0 Å². The maximum Gasteiger partial charge on any atom is 0.344 e. The Hall–Kier alpha value is -2.89. The van der Waals surface area contributed by atoms with E-state index >= 15 is 0 Å². The fourth-order valence-electron chi connectivity index (χ4n) is 2.35. The zero-order valence-electron chi connectivity index (χ0n) is 15.5. The molecular formula is C21H24FNO4. The predicted molar refractivity (Wildman–Crippen MR) is 100 cm³/mol. The van der Waals surface area contributed by atoms with Gasteiger partial charge in [0, 0.05) is 6.54 Å². The van der Waals surface area contributed by atoms with Crippen molar-refractivity contribution in [3.8, 4) is 5.75 Å². The van der Waals surface area contributed by atoms with Crippen LogP contribution in [0.25, 0.3) is 0 Å². The van der Waals surface area contributed by atoms with Crippen molar-refractivity contribution in [2.24, 2.45) is 0 Å². The number of benzene rings is 2. The van der Waals surface area contributed by atoms with Gasteiger partial charge in [0.2, 0.25) is 0 Å². The van der Waals surface area contributed by atoms with Crippen molar-refractivity contribution in [1.82, 2.24) is 5.32 Å². The zero-order valence-corrected chi connectivity index (χ0v) is 15.5. The van der Waals surface area contributed by atoms with Crippen molar-refractivity contribution < 1.29 is 23.5 Å². The topological polar surface area (TPSA) is 64.6 Å². The second kappa shape index (κ2) is 10.3. The molecule has 0 aliphatic heterocycles. The molecule has 6 heteroatoms. The van der Waals surface area contributed by atoms with E-state index in [4.69, 9.17) is 9.47 Å². The molecule has 0 fully saturated rings. The van der Waals surface area contributed by atoms with Gasteiger partial charge in [0.1, 0.15) is 0 Å². The molecule has 0 spiro atoms. The van der Waals surface area contributed by atoms with Gasteiger partial charge in [-0.25, -0.2) is 9.18 Å². The number of hydrogen-bond acceptors (Lipinski definition) is 4. The number of hydrogen-bond donors (Lipinski definition) is 1. The number of halogens is 1. The molecule has 0 bridgehead atoms. The van der Waals surface area contributed by atoms with E-state index in [1.807, 2.05) is 12.1 Å². The molecule has 0 aliphatic rings. The lowest BCUT2D eigenvalue weighted by Crippen LogP contribution is -2.31. The van der Waals surface area contributed by atoms with Crippen molar-refractivity contribution in [2.75, 3.05) is 19.8 Å². The number of para-hydroxylation sites is 1. The summed E-state index contributed by atoms with van der Waals surface area (Å²) in [6, 6.07) is 14.0. The first kappa shape index (κ1) is 20.4. The van der Waals surface area contributed by atoms with Crippen LogP contribution in [0.1, 0.15) is 30.9 Å². The van der Waals surface area contributed by atoms with Crippen molar-refractivity contribution in [3.63, 3.8) is 0 Å². The van der Waals surface area contributed by atoms with Gasteiger partial charge in [-0.15, -0.1) is 0 Å². The van der Waals surface area contributed by atoms with Crippen molar-refractivity contribution in [2.45, 2.75) is 26.2 Å². The molecule has 2 rings (SSSR count). The van der Waals surface area contributed by atoms with Crippen LogP contribution in [-0.4, -0.2) is 31.6 Å². The highest BCUT2D eigenvalue weighted by Gasteiger charge is 2.10. The number of rotatable bonds is 9. The molecule has 2 aromatic rings. The molecule has 0 atom stereocenters. The van der Waals surface area contributed by atoms with Crippen LogP contribution in [0.4, 0.5) is 4.39 Å². The van der Waals surface area contributed by atoms with Gasteiger partial charge < -0.3 is 14.8 Å². The number of ether oxygens (including phenoxy) is 2. The van der Waals surface area contributed by atoms with Crippen LogP contribution < -0.4 is 10.1 Å². The van der Waals surface area contributed by atoms with Gasteiger partial charge in [-0.1, -0.05) is 50.2 Å². The normalized spacial score (nSPS) is 10.5. The lowest BCUT2D eigenvalue weighted by molar-refractivity contribution is -0.150. The molecule has 0 aliphatic carbocycles. The van der Waals surface area contributed by atoms with Gasteiger partial charge in [-0.05, 0) is 35.6 Å². The van der Waals surface area contributed by atoms with E-state index < -0.39 is 30.9 Å². The summed E-state index contributed by atoms with van der Waals surface area (Å²) in [6.45, 7) is 3.86. The lowest BCUT2D eigenvalue weighted by Gasteiger charge is -2.09. The monoisotopic (exact) mass is 373 g/mol. The molecule has 144 valence electrons. The van der Waals surface area contributed by atoms with E-state index in [1.165, 1.54) is 23.8 Å². The average Bonchev–Trinajstić information content (AvgIpc) is 2.66. The Kier molecular flexibility index (Phi) is 7.79. The SMILES string of the molecule is CC(C)c1ccc(CCNC(=O)COC(=O)COc2ccccc2F)cc1. The average molecular weight is 373 g/mol. The van der Waals surface area contributed by atoms with Gasteiger partial charge >= 0.3 is 5.97 Å². The molecule has 0 unspecified atom stereocenters. The van der Waals surface area contributed by atoms with Crippen molar-refractivity contribution >= 4 is 11.9 Å². The van der Waals surface area contributed by atoms with Gasteiger partial charge in [0.25, 0.3) is 5.91 Å². The highest BCUT2D eigenvalue weighted by Crippen LogP contribution is 2.15. The second-order valence-corrected chi connectivity index (χ2v) is 6.38. The Labute approximate surface area is 158 Å². The minimum atomic E-state index is -0.738. The smallest absolute Gasteiger partial charge is 0.344 e. The van der Waals surface area contributed by atoms with E-state index in [-0.39, 0.29) is 5.75 Å². The molecule has 27 heavy (non-hydrogen) atoms. The number of carbonyl (C=O) groups is 2. The van der Waals surface area contributed by atoms with Gasteiger partial charge in [0.15, 0.2) is 24.8 Å². The Morgan fingerprint density at radius 2 is 1.74 bits per heavy atom. The fourth-order valence-corrected chi connectivity index (χ4v) is 2.35. The Morgan fingerprint density at radius 3 is 2.41 bits per heavy atom. The first-order valence-electron chi connectivity index (χ1n) is 8.84. The maximum absolute atomic E-state index is 13.4. The number of esters is 1. The van der Waals surface area contributed by atoms with Gasteiger partial charge in [-0.3, -0.25) is 4.79 Å². The van der Waals surface area contributed by atoms with E-state index in [2.05, 4.69) is 31.3 Å². The summed E-state index contributed by atoms with van der Waals surface area (Å²) in [5.74, 6) is -1.26. The lowest BCUT2D eigenvalue weighted by atomic mass is 10.0. The van der Waals surface area contributed by atoms with Crippen molar-refractivity contribution in [3.05, 3.63) is 65.5 Å². The van der Waals surface area contributed by atoms with Crippen LogP contribution in [0.3, 0.4) is 0 Å². The summed E-state index contributed by atoms with van der Waals surface area (Å²) < 4.78 is 23.2. The third-order valence-corrected chi connectivity index (χ3v) is 3.93. The Balaban J connectivity index is 1.62. The summed E-state index contributed by atoms with van der Waals surface area (Å²) in [4.78, 5) is 23.3.